The molecule has 0 amide bonds. The third kappa shape index (κ3) is 1.77. The predicted octanol–water partition coefficient (Wildman–Crippen LogP) is 3.04. The number of hydrogen-bond donors (Lipinski definition) is 0. The van der Waals surface area contributed by atoms with Crippen molar-refractivity contribution >= 4 is 0 Å². The zero-order chi connectivity index (χ0) is 13.3. The van der Waals surface area contributed by atoms with Crippen molar-refractivity contribution < 1.29 is 0 Å². The molecule has 0 spiro atoms. The maximum Gasteiger partial charge on any atom is 0.0886 e. The van der Waals surface area contributed by atoms with E-state index in [0.29, 0.717) is 17.0 Å². The molecule has 4 aliphatic rings. The van der Waals surface area contributed by atoms with Crippen LogP contribution in [0.3, 0.4) is 0 Å². The molecule has 4 fully saturated rings. The number of benzene rings is 1. The largest absolute Gasteiger partial charge is 0.283 e. The fourth-order valence-corrected chi connectivity index (χ4v) is 5.16. The molecule has 0 radical (unpaired) electrons. The van der Waals surface area contributed by atoms with Gasteiger partial charge in [-0.05, 0) is 29.7 Å². The maximum absolute atomic E-state index is 2.72. The summed E-state index contributed by atoms with van der Waals surface area (Å²) in [5.41, 5.74) is 3.88. The van der Waals surface area contributed by atoms with Gasteiger partial charge in [0.05, 0.1) is 6.17 Å². The lowest BCUT2D eigenvalue weighted by molar-refractivity contribution is -0.194. The highest BCUT2D eigenvalue weighted by molar-refractivity contribution is 5.26. The van der Waals surface area contributed by atoms with Crippen LogP contribution in [-0.2, 0) is 0 Å². The van der Waals surface area contributed by atoms with Gasteiger partial charge in [-0.3, -0.25) is 9.80 Å². The molecule has 4 heterocycles. The van der Waals surface area contributed by atoms with Crippen LogP contribution in [0.1, 0.15) is 37.6 Å². The minimum atomic E-state index is 0.520. The molecule has 0 N–H and O–H groups in total. The zero-order valence-corrected chi connectivity index (χ0v) is 12.3. The molecule has 0 aliphatic carbocycles. The third-order valence-corrected chi connectivity index (χ3v) is 5.26. The molecule has 5 rings (SSSR count). The SMILES string of the molecule is Cc1ccc(C2N3CC4(C)CN2CC(C)(C3)C4)cc1. The van der Waals surface area contributed by atoms with E-state index in [-0.39, 0.29) is 0 Å². The van der Waals surface area contributed by atoms with Crippen LogP contribution >= 0.6 is 0 Å². The van der Waals surface area contributed by atoms with Crippen LogP contribution < -0.4 is 0 Å². The van der Waals surface area contributed by atoms with Crippen LogP contribution in [0.2, 0.25) is 0 Å². The summed E-state index contributed by atoms with van der Waals surface area (Å²) in [6.45, 7) is 12.2. The predicted molar refractivity (Wildman–Crippen MR) is 77.9 cm³/mol. The monoisotopic (exact) mass is 256 g/mol. The Balaban J connectivity index is 1.71. The minimum absolute atomic E-state index is 0.520. The van der Waals surface area contributed by atoms with E-state index in [4.69, 9.17) is 0 Å². The molecule has 0 unspecified atom stereocenters. The Morgan fingerprint density at radius 1 is 0.895 bits per heavy atom. The molecule has 2 nitrogen and oxygen atoms in total. The van der Waals surface area contributed by atoms with Crippen molar-refractivity contribution in [3.8, 4) is 0 Å². The summed E-state index contributed by atoms with van der Waals surface area (Å²) < 4.78 is 0. The Kier molecular flexibility index (Phi) is 2.27. The Labute approximate surface area is 116 Å². The lowest BCUT2D eigenvalue weighted by Gasteiger charge is -2.66. The summed E-state index contributed by atoms with van der Waals surface area (Å²) in [7, 11) is 0. The maximum atomic E-state index is 2.72. The van der Waals surface area contributed by atoms with E-state index >= 15 is 0 Å². The topological polar surface area (TPSA) is 6.48 Å². The Morgan fingerprint density at radius 2 is 1.37 bits per heavy atom. The zero-order valence-electron chi connectivity index (χ0n) is 12.3. The van der Waals surface area contributed by atoms with Gasteiger partial charge in [-0.2, -0.15) is 0 Å². The van der Waals surface area contributed by atoms with Gasteiger partial charge in [-0.15, -0.1) is 0 Å². The number of piperidine rings is 2. The van der Waals surface area contributed by atoms with Gasteiger partial charge in [-0.25, -0.2) is 0 Å². The molecule has 1 aromatic rings. The quantitative estimate of drug-likeness (QED) is 0.762. The number of hydrogen-bond acceptors (Lipinski definition) is 2. The fraction of sp³-hybridized carbons (Fsp3) is 0.647. The Morgan fingerprint density at radius 3 is 1.84 bits per heavy atom. The third-order valence-electron chi connectivity index (χ3n) is 5.26. The van der Waals surface area contributed by atoms with Gasteiger partial charge in [0.2, 0.25) is 0 Å². The van der Waals surface area contributed by atoms with Gasteiger partial charge < -0.3 is 0 Å². The van der Waals surface area contributed by atoms with E-state index < -0.39 is 0 Å². The highest BCUT2D eigenvalue weighted by Gasteiger charge is 2.56. The van der Waals surface area contributed by atoms with Crippen molar-refractivity contribution in [1.29, 1.82) is 0 Å². The van der Waals surface area contributed by atoms with E-state index in [1.165, 1.54) is 43.7 Å². The summed E-state index contributed by atoms with van der Waals surface area (Å²) in [5.74, 6) is 0. The summed E-state index contributed by atoms with van der Waals surface area (Å²) >= 11 is 0. The molecule has 2 heteroatoms. The first kappa shape index (κ1) is 11.9. The van der Waals surface area contributed by atoms with Crippen LogP contribution in [0.5, 0.6) is 0 Å². The molecule has 102 valence electrons. The van der Waals surface area contributed by atoms with Crippen molar-refractivity contribution in [2.45, 2.75) is 33.4 Å². The van der Waals surface area contributed by atoms with Crippen molar-refractivity contribution in [2.75, 3.05) is 26.2 Å². The molecule has 0 saturated carbocycles. The lowest BCUT2D eigenvalue weighted by Crippen LogP contribution is -2.70. The van der Waals surface area contributed by atoms with E-state index in [0.717, 1.165) is 0 Å². The summed E-state index contributed by atoms with van der Waals surface area (Å²) in [5, 5.41) is 0. The second-order valence-corrected chi connectivity index (χ2v) is 7.89. The second-order valence-electron chi connectivity index (χ2n) is 7.89. The normalized spacial score (nSPS) is 47.6. The molecular weight excluding hydrogens is 232 g/mol. The summed E-state index contributed by atoms with van der Waals surface area (Å²) in [6.07, 6.45) is 1.94. The summed E-state index contributed by atoms with van der Waals surface area (Å²) in [6, 6.07) is 9.16. The molecular formula is C17H24N2. The first-order valence-electron chi connectivity index (χ1n) is 7.51. The van der Waals surface area contributed by atoms with Gasteiger partial charge in [0.25, 0.3) is 0 Å². The Hall–Kier alpha value is -0.860. The van der Waals surface area contributed by atoms with Gasteiger partial charge in [-0.1, -0.05) is 43.7 Å². The van der Waals surface area contributed by atoms with E-state index in [2.05, 4.69) is 54.8 Å². The van der Waals surface area contributed by atoms with Gasteiger partial charge in [0.1, 0.15) is 0 Å². The number of nitrogens with zero attached hydrogens (tertiary/aromatic N) is 2. The van der Waals surface area contributed by atoms with Crippen molar-refractivity contribution in [1.82, 2.24) is 9.80 Å². The first-order valence-corrected chi connectivity index (χ1v) is 7.51. The van der Waals surface area contributed by atoms with Gasteiger partial charge in [0, 0.05) is 26.2 Å². The van der Waals surface area contributed by atoms with E-state index in [1.807, 2.05) is 0 Å². The van der Waals surface area contributed by atoms with E-state index in [9.17, 15) is 0 Å². The molecule has 4 bridgehead atoms. The molecule has 19 heavy (non-hydrogen) atoms. The first-order chi connectivity index (χ1) is 8.96. The smallest absolute Gasteiger partial charge is 0.0886 e. The van der Waals surface area contributed by atoms with Crippen molar-refractivity contribution in [3.05, 3.63) is 35.4 Å². The molecule has 4 saturated heterocycles. The van der Waals surface area contributed by atoms with Crippen molar-refractivity contribution in [2.24, 2.45) is 10.8 Å². The molecule has 4 aliphatic heterocycles. The second kappa shape index (κ2) is 3.62. The number of rotatable bonds is 1. The van der Waals surface area contributed by atoms with Crippen LogP contribution in [0, 0.1) is 17.8 Å². The minimum Gasteiger partial charge on any atom is -0.283 e. The summed E-state index contributed by atoms with van der Waals surface area (Å²) in [4.78, 5) is 5.45. The van der Waals surface area contributed by atoms with Crippen LogP contribution in [-0.4, -0.2) is 36.0 Å². The molecule has 0 aromatic heterocycles. The standard InChI is InChI=1S/C17H24N2/c1-13-4-6-14(7-5-13)15-18-9-16(2)8-17(3,11-18)12-19(15)10-16/h4-7,15H,8-12H2,1-3H3. The highest BCUT2D eigenvalue weighted by Crippen LogP contribution is 2.53. The lowest BCUT2D eigenvalue weighted by atomic mass is 9.63. The van der Waals surface area contributed by atoms with E-state index in [1.54, 1.807) is 0 Å². The number of aryl methyl sites for hydroxylation is 1. The average Bonchev–Trinajstić information content (AvgIpc) is 2.27. The van der Waals surface area contributed by atoms with Crippen LogP contribution in [0.4, 0.5) is 0 Å². The van der Waals surface area contributed by atoms with Crippen LogP contribution in [0.25, 0.3) is 0 Å². The molecule has 0 atom stereocenters. The van der Waals surface area contributed by atoms with Gasteiger partial charge in [0.15, 0.2) is 0 Å². The molecule has 1 aromatic carbocycles. The van der Waals surface area contributed by atoms with Crippen LogP contribution in [0.15, 0.2) is 24.3 Å². The highest BCUT2D eigenvalue weighted by atomic mass is 15.4. The van der Waals surface area contributed by atoms with Crippen molar-refractivity contribution in [3.63, 3.8) is 0 Å². The Bertz CT molecular complexity index is 468. The average molecular weight is 256 g/mol. The fourth-order valence-electron chi connectivity index (χ4n) is 5.16. The van der Waals surface area contributed by atoms with Gasteiger partial charge >= 0.3 is 0 Å².